The lowest BCUT2D eigenvalue weighted by atomic mass is 9.89. The molecule has 1 heterocycles. The van der Waals surface area contributed by atoms with Crippen molar-refractivity contribution in [3.8, 4) is 5.75 Å². The third-order valence-corrected chi connectivity index (χ3v) is 5.20. The molecule has 2 N–H and O–H groups in total. The summed E-state index contributed by atoms with van der Waals surface area (Å²) in [5.41, 5.74) is -2.58. The maximum atomic E-state index is 13.6. The number of nitro groups is 1. The van der Waals surface area contributed by atoms with Gasteiger partial charge in [-0.3, -0.25) is 15.4 Å². The number of rotatable bonds is 6. The highest BCUT2D eigenvalue weighted by Crippen LogP contribution is 2.43. The molecule has 3 atom stereocenters. The molecule has 0 amide bonds. The van der Waals surface area contributed by atoms with Crippen LogP contribution in [-0.2, 0) is 6.18 Å². The molecule has 0 bridgehead atoms. The van der Waals surface area contributed by atoms with E-state index in [0.29, 0.717) is 23.4 Å². The van der Waals surface area contributed by atoms with Gasteiger partial charge in [0.15, 0.2) is 0 Å². The van der Waals surface area contributed by atoms with Crippen molar-refractivity contribution in [2.24, 2.45) is 5.16 Å². The van der Waals surface area contributed by atoms with Gasteiger partial charge in [0.2, 0.25) is 0 Å². The Morgan fingerprint density at radius 1 is 1.15 bits per heavy atom. The summed E-state index contributed by atoms with van der Waals surface area (Å²) < 4.78 is 86.2. The molecule has 0 aliphatic carbocycles. The second-order valence-corrected chi connectivity index (χ2v) is 7.38. The maximum Gasteiger partial charge on any atom is 0.423 e. The van der Waals surface area contributed by atoms with E-state index in [1.165, 1.54) is 18.3 Å². The van der Waals surface area contributed by atoms with Crippen LogP contribution in [0.1, 0.15) is 29.0 Å². The number of nitrogens with one attached hydrogen (secondary N) is 1. The lowest BCUT2D eigenvalue weighted by Crippen LogP contribution is -2.44. The van der Waals surface area contributed by atoms with Crippen LogP contribution in [-0.4, -0.2) is 41.2 Å². The highest BCUT2D eigenvalue weighted by molar-refractivity contribution is 5.79. The van der Waals surface area contributed by atoms with Crippen LogP contribution in [0.25, 0.3) is 0 Å². The number of alkyl halides is 6. The Morgan fingerprint density at radius 2 is 1.82 bits per heavy atom. The largest absolute Gasteiger partial charge is 0.492 e. The van der Waals surface area contributed by atoms with E-state index < -0.39 is 46.5 Å². The van der Waals surface area contributed by atoms with Crippen LogP contribution in [0.5, 0.6) is 5.75 Å². The number of nitrogens with zero attached hydrogens (tertiary/aromatic N) is 2. The average Bonchev–Trinajstić information content (AvgIpc) is 3.17. The van der Waals surface area contributed by atoms with Gasteiger partial charge in [-0.25, -0.2) is 0 Å². The van der Waals surface area contributed by atoms with Crippen molar-refractivity contribution in [3.63, 3.8) is 0 Å². The van der Waals surface area contributed by atoms with Gasteiger partial charge < -0.3 is 9.94 Å². The van der Waals surface area contributed by atoms with Gasteiger partial charge in [-0.2, -0.15) is 26.3 Å². The monoisotopic (exact) mass is 477 g/mol. The quantitative estimate of drug-likeness (QED) is 0.203. The SMILES string of the molecule is O=[N+]([O-])c1ccc(C2C[C@@H](COc3ccc(/C=N/O)cc3)N[C@H]2C(F)(F)F)cc1C(F)(F)F. The minimum atomic E-state index is -5.10. The molecule has 7 nitrogen and oxygen atoms in total. The minimum Gasteiger partial charge on any atom is -0.492 e. The lowest BCUT2D eigenvalue weighted by molar-refractivity contribution is -0.388. The Morgan fingerprint density at radius 3 is 2.36 bits per heavy atom. The van der Waals surface area contributed by atoms with Crippen LogP contribution in [0.4, 0.5) is 32.0 Å². The van der Waals surface area contributed by atoms with E-state index in [2.05, 4.69) is 10.5 Å². The Labute approximate surface area is 182 Å². The smallest absolute Gasteiger partial charge is 0.423 e. The van der Waals surface area contributed by atoms with E-state index in [9.17, 15) is 36.5 Å². The molecule has 0 spiro atoms. The molecule has 1 fully saturated rings. The van der Waals surface area contributed by atoms with Crippen LogP contribution in [0, 0.1) is 10.1 Å². The Bertz CT molecular complexity index is 1020. The summed E-state index contributed by atoms with van der Waals surface area (Å²) in [6.45, 7) is -0.199. The number of benzene rings is 2. The highest BCUT2D eigenvalue weighted by Gasteiger charge is 2.51. The molecule has 2 aromatic carbocycles. The molecule has 1 aliphatic heterocycles. The third-order valence-electron chi connectivity index (χ3n) is 5.20. The van der Waals surface area contributed by atoms with Gasteiger partial charge in [0.05, 0.1) is 11.1 Å². The van der Waals surface area contributed by atoms with Crippen LogP contribution < -0.4 is 10.1 Å². The van der Waals surface area contributed by atoms with E-state index in [1.54, 1.807) is 12.1 Å². The molecular weight excluding hydrogens is 460 g/mol. The topological polar surface area (TPSA) is 97.0 Å². The van der Waals surface area contributed by atoms with E-state index in [1.807, 2.05) is 0 Å². The zero-order valence-corrected chi connectivity index (χ0v) is 16.6. The van der Waals surface area contributed by atoms with E-state index in [4.69, 9.17) is 9.94 Å². The van der Waals surface area contributed by atoms with Crippen LogP contribution in [0.15, 0.2) is 47.6 Å². The Kier molecular flexibility index (Phi) is 6.81. The molecule has 2 aromatic rings. The second kappa shape index (κ2) is 9.25. The normalized spacial score (nSPS) is 21.5. The number of nitro benzene ring substituents is 1. The van der Waals surface area contributed by atoms with Gasteiger partial charge in [0.1, 0.15) is 24.0 Å². The number of hydrogen-bond donors (Lipinski definition) is 2. The minimum absolute atomic E-state index is 0.199. The van der Waals surface area contributed by atoms with Crippen molar-refractivity contribution >= 4 is 11.9 Å². The van der Waals surface area contributed by atoms with Crippen LogP contribution in [0.3, 0.4) is 0 Å². The number of hydrogen-bond acceptors (Lipinski definition) is 6. The highest BCUT2D eigenvalue weighted by atomic mass is 19.4. The van der Waals surface area contributed by atoms with Gasteiger partial charge in [-0.15, -0.1) is 0 Å². The average molecular weight is 477 g/mol. The molecule has 178 valence electrons. The predicted molar refractivity (Wildman–Crippen MR) is 104 cm³/mol. The van der Waals surface area contributed by atoms with Gasteiger partial charge >= 0.3 is 12.4 Å². The van der Waals surface area contributed by atoms with Gasteiger partial charge in [0, 0.05) is 18.0 Å². The molecule has 1 saturated heterocycles. The first-order valence-corrected chi connectivity index (χ1v) is 9.48. The van der Waals surface area contributed by atoms with Gasteiger partial charge in [0.25, 0.3) is 5.69 Å². The fraction of sp³-hybridized carbons (Fsp3) is 0.350. The first-order chi connectivity index (χ1) is 15.4. The van der Waals surface area contributed by atoms with E-state index in [0.717, 1.165) is 6.07 Å². The molecule has 1 aliphatic rings. The summed E-state index contributed by atoms with van der Waals surface area (Å²) in [5.74, 6) is -1.07. The fourth-order valence-electron chi connectivity index (χ4n) is 3.73. The van der Waals surface area contributed by atoms with Crippen molar-refractivity contribution < 1.29 is 41.2 Å². The van der Waals surface area contributed by atoms with E-state index >= 15 is 0 Å². The first-order valence-electron chi connectivity index (χ1n) is 9.48. The summed E-state index contributed by atoms with van der Waals surface area (Å²) in [7, 11) is 0. The molecule has 13 heteroatoms. The summed E-state index contributed by atoms with van der Waals surface area (Å²) in [6.07, 6.45) is -8.91. The molecule has 1 unspecified atom stereocenters. The van der Waals surface area contributed by atoms with Crippen molar-refractivity contribution in [2.75, 3.05) is 6.61 Å². The van der Waals surface area contributed by atoms with Crippen molar-refractivity contribution in [1.82, 2.24) is 5.32 Å². The van der Waals surface area contributed by atoms with Gasteiger partial charge in [-0.1, -0.05) is 11.2 Å². The molecular formula is C20H17F6N3O4. The Balaban J connectivity index is 1.82. The standard InChI is InChI=1S/C20H17F6N3O4/c21-19(22,23)16-7-12(3-6-17(16)29(31)32)15-8-13(28-18(15)20(24,25)26)10-33-14-4-1-11(2-5-14)9-27-30/h1-7,9,13,15,18,28,30H,8,10H2/b27-9+/t13-,15?,18+/m0/s1. The molecule has 0 aromatic heterocycles. The number of halogens is 6. The van der Waals surface area contributed by atoms with Crippen molar-refractivity contribution in [1.29, 1.82) is 0 Å². The first kappa shape index (κ1) is 24.3. The van der Waals surface area contributed by atoms with Crippen LogP contribution >= 0.6 is 0 Å². The van der Waals surface area contributed by atoms with E-state index in [-0.39, 0.29) is 18.6 Å². The zero-order chi connectivity index (χ0) is 24.4. The van der Waals surface area contributed by atoms with Crippen LogP contribution in [0.2, 0.25) is 0 Å². The third kappa shape index (κ3) is 5.72. The summed E-state index contributed by atoms with van der Waals surface area (Å²) in [5, 5.41) is 24.6. The summed E-state index contributed by atoms with van der Waals surface area (Å²) in [6, 6.07) is 5.03. The molecule has 3 rings (SSSR count). The molecule has 33 heavy (non-hydrogen) atoms. The number of oxime groups is 1. The van der Waals surface area contributed by atoms with Crippen molar-refractivity contribution in [2.45, 2.75) is 36.8 Å². The molecule has 0 radical (unpaired) electrons. The number of ether oxygens (including phenoxy) is 1. The second-order valence-electron chi connectivity index (χ2n) is 7.38. The van der Waals surface area contributed by atoms with Crippen molar-refractivity contribution in [3.05, 3.63) is 69.3 Å². The maximum absolute atomic E-state index is 13.6. The Hall–Kier alpha value is -3.35. The fourth-order valence-corrected chi connectivity index (χ4v) is 3.73. The zero-order valence-electron chi connectivity index (χ0n) is 16.6. The molecule has 0 saturated carbocycles. The van der Waals surface area contributed by atoms with Gasteiger partial charge in [-0.05, 0) is 47.9 Å². The predicted octanol–water partition coefficient (Wildman–Crippen LogP) is 4.88. The summed E-state index contributed by atoms with van der Waals surface area (Å²) in [4.78, 5) is 9.70. The summed E-state index contributed by atoms with van der Waals surface area (Å²) >= 11 is 0. The lowest BCUT2D eigenvalue weighted by Gasteiger charge is -2.23.